The first kappa shape index (κ1) is 26.5. The Morgan fingerprint density at radius 2 is 1.73 bits per heavy atom. The van der Waals surface area contributed by atoms with Gasteiger partial charge in [0.05, 0.1) is 19.6 Å². The van der Waals surface area contributed by atoms with E-state index in [0.717, 1.165) is 19.8 Å². The lowest BCUT2D eigenvalue weighted by Crippen LogP contribution is -2.41. The van der Waals surface area contributed by atoms with Crippen molar-refractivity contribution in [1.29, 1.82) is 0 Å². The maximum atomic E-state index is 12.5. The number of ether oxygens (including phenoxy) is 2. The Hall–Kier alpha value is -1.57. The summed E-state index contributed by atoms with van der Waals surface area (Å²) in [4.78, 5) is 22.2. The second-order valence-electron chi connectivity index (χ2n) is 8.66. The van der Waals surface area contributed by atoms with E-state index >= 15 is 0 Å². The summed E-state index contributed by atoms with van der Waals surface area (Å²) in [6.45, 7) is 6.11. The molecule has 2 saturated carbocycles. The minimum atomic E-state index is -4.58. The Morgan fingerprint density at radius 1 is 1.10 bits per heavy atom. The van der Waals surface area contributed by atoms with Gasteiger partial charge in [-0.05, 0) is 57.8 Å². The van der Waals surface area contributed by atoms with Gasteiger partial charge >= 0.3 is 18.1 Å². The van der Waals surface area contributed by atoms with Crippen molar-refractivity contribution < 1.29 is 37.3 Å². The second-order valence-corrected chi connectivity index (χ2v) is 8.66. The molecule has 0 spiro atoms. The Bertz CT molecular complexity index is 586. The van der Waals surface area contributed by atoms with Gasteiger partial charge in [-0.3, -0.25) is 4.79 Å². The lowest BCUT2D eigenvalue weighted by Gasteiger charge is -2.26. The summed E-state index contributed by atoms with van der Waals surface area (Å²) in [5, 5.41) is 9.31. The van der Waals surface area contributed by atoms with Gasteiger partial charge < -0.3 is 14.6 Å². The molecule has 0 aliphatic heterocycles. The predicted molar refractivity (Wildman–Crippen MR) is 106 cm³/mol. The number of carbonyl (C=O) groups is 2. The summed E-state index contributed by atoms with van der Waals surface area (Å²) >= 11 is 0. The van der Waals surface area contributed by atoms with E-state index in [0.29, 0.717) is 49.7 Å². The van der Waals surface area contributed by atoms with Crippen molar-refractivity contribution in [3.63, 3.8) is 0 Å². The zero-order valence-corrected chi connectivity index (χ0v) is 18.2. The molecule has 5 nitrogen and oxygen atoms in total. The van der Waals surface area contributed by atoms with E-state index in [2.05, 4.69) is 11.3 Å². The van der Waals surface area contributed by atoms with Crippen molar-refractivity contribution in [2.45, 2.75) is 83.4 Å². The molecule has 30 heavy (non-hydrogen) atoms. The SMILES string of the molecule is C=C(C)C(=O)OC.CC(O)(CCCCCCOC(=O)C1CC2CCC1C2)C(F)(F)F. The average molecular weight is 437 g/mol. The van der Waals surface area contributed by atoms with Gasteiger partial charge in [-0.2, -0.15) is 13.2 Å². The van der Waals surface area contributed by atoms with Crippen LogP contribution in [-0.2, 0) is 19.1 Å². The first-order valence-electron chi connectivity index (χ1n) is 10.6. The third-order valence-corrected chi connectivity index (χ3v) is 5.99. The third kappa shape index (κ3) is 8.28. The Kier molecular flexibility index (Phi) is 10.3. The van der Waals surface area contributed by atoms with Crippen LogP contribution in [0.3, 0.4) is 0 Å². The summed E-state index contributed by atoms with van der Waals surface area (Å²) < 4.78 is 47.0. The van der Waals surface area contributed by atoms with Crippen LogP contribution in [0.2, 0.25) is 0 Å². The molecule has 0 aromatic heterocycles. The summed E-state index contributed by atoms with van der Waals surface area (Å²) in [5.41, 5.74) is -2.18. The Balaban J connectivity index is 0.000000553. The number of fused-ring (bicyclic) bond motifs is 2. The number of hydrogen-bond donors (Lipinski definition) is 1. The fraction of sp³-hybridized carbons (Fsp3) is 0.818. The zero-order chi connectivity index (χ0) is 22.9. The van der Waals surface area contributed by atoms with Crippen molar-refractivity contribution >= 4 is 11.9 Å². The molecule has 2 aliphatic rings. The monoisotopic (exact) mass is 436 g/mol. The Labute approximate surface area is 177 Å². The van der Waals surface area contributed by atoms with E-state index in [1.54, 1.807) is 6.92 Å². The number of alkyl halides is 3. The molecule has 1 N–H and O–H groups in total. The van der Waals surface area contributed by atoms with Gasteiger partial charge in [0, 0.05) is 5.57 Å². The van der Waals surface area contributed by atoms with E-state index < -0.39 is 11.8 Å². The highest BCUT2D eigenvalue weighted by atomic mass is 19.4. The van der Waals surface area contributed by atoms with E-state index in [-0.39, 0.29) is 24.3 Å². The standard InChI is InChI=1S/C17H27F3O3.C5H8O2/c1-16(22,17(18,19)20)8-4-2-3-5-9-23-15(21)14-11-12-6-7-13(14)10-12;1-4(2)5(6)7-3/h12-14,22H,2-11H2,1H3;1H2,2-3H3. The van der Waals surface area contributed by atoms with E-state index in [4.69, 9.17) is 4.74 Å². The van der Waals surface area contributed by atoms with Gasteiger partial charge in [-0.1, -0.05) is 32.3 Å². The van der Waals surface area contributed by atoms with Gasteiger partial charge in [0.15, 0.2) is 5.60 Å². The number of aliphatic hydroxyl groups is 1. The van der Waals surface area contributed by atoms with Crippen LogP contribution in [0.5, 0.6) is 0 Å². The second kappa shape index (κ2) is 11.7. The molecule has 174 valence electrons. The van der Waals surface area contributed by atoms with Crippen molar-refractivity contribution in [3.05, 3.63) is 12.2 Å². The highest BCUT2D eigenvalue weighted by Crippen LogP contribution is 2.48. The molecule has 2 fully saturated rings. The topological polar surface area (TPSA) is 72.8 Å². The van der Waals surface area contributed by atoms with Gasteiger partial charge in [0.2, 0.25) is 0 Å². The maximum absolute atomic E-state index is 12.5. The van der Waals surface area contributed by atoms with Gasteiger partial charge in [0.25, 0.3) is 0 Å². The van der Waals surface area contributed by atoms with Crippen LogP contribution in [0.4, 0.5) is 13.2 Å². The van der Waals surface area contributed by atoms with Crippen LogP contribution in [0, 0.1) is 17.8 Å². The smallest absolute Gasteiger partial charge is 0.416 e. The number of methoxy groups -OCH3 is 1. The molecule has 2 bridgehead atoms. The molecule has 0 radical (unpaired) electrons. The fourth-order valence-electron chi connectivity index (χ4n) is 4.05. The first-order valence-corrected chi connectivity index (χ1v) is 10.6. The first-order chi connectivity index (χ1) is 13.9. The Morgan fingerprint density at radius 3 is 2.17 bits per heavy atom. The number of hydrogen-bond acceptors (Lipinski definition) is 5. The average Bonchev–Trinajstić information content (AvgIpc) is 3.29. The third-order valence-electron chi connectivity index (χ3n) is 5.99. The van der Waals surface area contributed by atoms with Crippen LogP contribution in [0.15, 0.2) is 12.2 Å². The van der Waals surface area contributed by atoms with Crippen molar-refractivity contribution in [3.8, 4) is 0 Å². The molecule has 0 aromatic rings. The summed E-state index contributed by atoms with van der Waals surface area (Å²) in [7, 11) is 1.33. The normalized spacial score (nSPS) is 24.4. The van der Waals surface area contributed by atoms with E-state index in [9.17, 15) is 27.9 Å². The number of esters is 2. The maximum Gasteiger partial charge on any atom is 0.416 e. The quantitative estimate of drug-likeness (QED) is 0.314. The molecule has 0 saturated heterocycles. The van der Waals surface area contributed by atoms with Crippen LogP contribution in [-0.4, -0.2) is 42.5 Å². The number of halogens is 3. The van der Waals surface area contributed by atoms with Gasteiger partial charge in [-0.15, -0.1) is 0 Å². The van der Waals surface area contributed by atoms with Crippen LogP contribution in [0.1, 0.15) is 71.6 Å². The molecule has 8 heteroatoms. The molecule has 4 atom stereocenters. The largest absolute Gasteiger partial charge is 0.466 e. The van der Waals surface area contributed by atoms with Crippen molar-refractivity contribution in [2.75, 3.05) is 13.7 Å². The zero-order valence-electron chi connectivity index (χ0n) is 18.2. The van der Waals surface area contributed by atoms with Crippen molar-refractivity contribution in [2.24, 2.45) is 17.8 Å². The lowest BCUT2D eigenvalue weighted by molar-refractivity contribution is -0.255. The fourth-order valence-corrected chi connectivity index (χ4v) is 4.05. The van der Waals surface area contributed by atoms with Gasteiger partial charge in [0.1, 0.15) is 0 Å². The predicted octanol–water partition coefficient (Wildman–Crippen LogP) is 4.97. The molecule has 2 aliphatic carbocycles. The highest BCUT2D eigenvalue weighted by Gasteiger charge is 2.49. The van der Waals surface area contributed by atoms with Crippen LogP contribution < -0.4 is 0 Å². The number of rotatable bonds is 9. The number of carbonyl (C=O) groups excluding carboxylic acids is 2. The molecule has 0 heterocycles. The summed E-state index contributed by atoms with van der Waals surface area (Å²) in [6.07, 6.45) is 1.93. The minimum absolute atomic E-state index is 0.0793. The van der Waals surface area contributed by atoms with E-state index in [1.165, 1.54) is 20.0 Å². The van der Waals surface area contributed by atoms with Crippen LogP contribution >= 0.6 is 0 Å². The lowest BCUT2D eigenvalue weighted by atomic mass is 9.89. The molecule has 2 rings (SSSR count). The molecular formula is C22H35F3O5. The molecule has 4 unspecified atom stereocenters. The van der Waals surface area contributed by atoms with E-state index in [1.807, 2.05) is 0 Å². The summed E-state index contributed by atoms with van der Waals surface area (Å²) in [6, 6.07) is 0. The molecular weight excluding hydrogens is 401 g/mol. The molecule has 0 aromatic carbocycles. The summed E-state index contributed by atoms with van der Waals surface area (Å²) in [5.74, 6) is 0.865. The van der Waals surface area contributed by atoms with Crippen molar-refractivity contribution in [1.82, 2.24) is 0 Å². The van der Waals surface area contributed by atoms with Crippen LogP contribution in [0.25, 0.3) is 0 Å². The van der Waals surface area contributed by atoms with Gasteiger partial charge in [-0.25, -0.2) is 4.79 Å². The highest BCUT2D eigenvalue weighted by molar-refractivity contribution is 5.86. The minimum Gasteiger partial charge on any atom is -0.466 e. The number of unbranched alkanes of at least 4 members (excludes halogenated alkanes) is 3. The molecule has 0 amide bonds.